The van der Waals surface area contributed by atoms with Gasteiger partial charge in [0.2, 0.25) is 6.29 Å². The lowest BCUT2D eigenvalue weighted by Gasteiger charge is -2.48. The molecule has 2 aromatic rings. The van der Waals surface area contributed by atoms with E-state index in [4.69, 9.17) is 56.8 Å². The number of phenolic OH excluding ortho intramolecular Hbond substituents is 1. The molecule has 5 rings (SSSR count). The van der Waals surface area contributed by atoms with E-state index >= 15 is 0 Å². The fourth-order valence-corrected chi connectivity index (χ4v) is 7.06. The molecule has 2 saturated heterocycles. The maximum Gasteiger partial charge on any atom is 0.308 e. The van der Waals surface area contributed by atoms with Gasteiger partial charge >= 0.3 is 41.8 Å². The Morgan fingerprint density at radius 3 is 1.74 bits per heavy atom. The van der Waals surface area contributed by atoms with Gasteiger partial charge in [-0.2, -0.15) is 0 Å². The van der Waals surface area contributed by atoms with Crippen LogP contribution < -0.4 is 14.2 Å². The second kappa shape index (κ2) is 20.0. The third kappa shape index (κ3) is 11.7. The van der Waals surface area contributed by atoms with E-state index in [0.717, 1.165) is 47.6 Å². The predicted molar refractivity (Wildman–Crippen MR) is 201 cm³/mol. The summed E-state index contributed by atoms with van der Waals surface area (Å²) >= 11 is 0. The summed E-state index contributed by atoms with van der Waals surface area (Å²) in [6, 6.07) is 8.54. The van der Waals surface area contributed by atoms with Crippen LogP contribution in [0.1, 0.15) is 83.8 Å². The number of aromatic hydroxyl groups is 1. The van der Waals surface area contributed by atoms with Crippen molar-refractivity contribution in [3.63, 3.8) is 0 Å². The molecule has 21 nitrogen and oxygen atoms in total. The number of esters is 7. The van der Waals surface area contributed by atoms with Crippen LogP contribution in [-0.4, -0.2) is 121 Å². The van der Waals surface area contributed by atoms with E-state index in [1.54, 1.807) is 12.1 Å². The molecule has 21 heteroatoms. The number of phenols is 1. The summed E-state index contributed by atoms with van der Waals surface area (Å²) in [6.07, 6.45) is -16.8. The van der Waals surface area contributed by atoms with Crippen LogP contribution in [0.2, 0.25) is 0 Å². The first-order chi connectivity index (χ1) is 29.2. The highest BCUT2D eigenvalue weighted by Gasteiger charge is 2.57. The van der Waals surface area contributed by atoms with Crippen molar-refractivity contribution in [1.29, 1.82) is 0 Å². The molecule has 0 aromatic heterocycles. The molecule has 0 bridgehead atoms. The average molecular weight is 875 g/mol. The lowest BCUT2D eigenvalue weighted by molar-refractivity contribution is -0.356. The number of rotatable bonds is 13. The van der Waals surface area contributed by atoms with Crippen LogP contribution in [0.5, 0.6) is 23.0 Å². The number of fused-ring (bicyclic) bond motifs is 1. The lowest BCUT2D eigenvalue weighted by Crippen LogP contribution is -2.67. The van der Waals surface area contributed by atoms with E-state index in [9.17, 15) is 43.5 Å². The number of hydrogen-bond acceptors (Lipinski definition) is 21. The van der Waals surface area contributed by atoms with Gasteiger partial charge in [-0.05, 0) is 24.6 Å². The van der Waals surface area contributed by atoms with Crippen molar-refractivity contribution in [2.75, 3.05) is 6.61 Å². The molecule has 3 aliphatic rings. The number of hydrogen-bond donors (Lipinski definition) is 1. The van der Waals surface area contributed by atoms with Crippen LogP contribution in [0.25, 0.3) is 0 Å². The quantitative estimate of drug-likeness (QED) is 0.172. The predicted octanol–water partition coefficient (Wildman–Crippen LogP) is 2.48. The standard InChI is InChI=1S/C41H46O21/c1-17-34(54-20(4)44)36(56-22(6)46)38(58-24(8)48)40(52-17)62-39-37(57-23(7)47)35(55-21(5)45)32(16-51-18(2)42)61-41(39)59-27-13-28(49)33-29(50)15-30(60-31(33)14-27)25-9-11-26(12-10-25)53-19(3)43/h9-14,17,30,32,34-41,49H,15-16H2,1-8H3/t17-,30+,32-,34+,35+,36+,37+,38+,39-,40+,41-/m1/s1. The minimum atomic E-state index is -1.80. The average Bonchev–Trinajstić information content (AvgIpc) is 3.15. The third-order valence-electron chi connectivity index (χ3n) is 9.31. The molecular formula is C41H46O21. The largest absolute Gasteiger partial charge is 0.507 e. The van der Waals surface area contributed by atoms with Gasteiger partial charge in [0.05, 0.1) is 12.5 Å². The van der Waals surface area contributed by atoms with Crippen molar-refractivity contribution in [1.82, 2.24) is 0 Å². The van der Waals surface area contributed by atoms with Gasteiger partial charge in [0.1, 0.15) is 47.4 Å². The van der Waals surface area contributed by atoms with Crippen LogP contribution in [0.15, 0.2) is 36.4 Å². The van der Waals surface area contributed by atoms with Gasteiger partial charge < -0.3 is 61.9 Å². The van der Waals surface area contributed by atoms with E-state index < -0.39 is 127 Å². The second-order valence-electron chi connectivity index (χ2n) is 14.4. The molecule has 62 heavy (non-hydrogen) atoms. The summed E-state index contributed by atoms with van der Waals surface area (Å²) in [4.78, 5) is 99.0. The lowest BCUT2D eigenvalue weighted by atomic mass is 9.95. The minimum absolute atomic E-state index is 0.121. The highest BCUT2D eigenvalue weighted by atomic mass is 16.8. The highest BCUT2D eigenvalue weighted by Crippen LogP contribution is 2.43. The molecule has 0 radical (unpaired) electrons. The van der Waals surface area contributed by atoms with Crippen molar-refractivity contribution in [3.8, 4) is 23.0 Å². The van der Waals surface area contributed by atoms with Gasteiger partial charge in [0, 0.05) is 60.6 Å². The maximum atomic E-state index is 13.4. The fourth-order valence-electron chi connectivity index (χ4n) is 7.06. The van der Waals surface area contributed by atoms with Gasteiger partial charge in [-0.25, -0.2) is 0 Å². The molecule has 11 atom stereocenters. The smallest absolute Gasteiger partial charge is 0.308 e. The Labute approximate surface area is 354 Å². The maximum absolute atomic E-state index is 13.4. The number of ether oxygens (including phenoxy) is 12. The number of ketones is 1. The number of benzene rings is 2. The first-order valence-corrected chi connectivity index (χ1v) is 19.2. The Kier molecular flexibility index (Phi) is 15.1. The van der Waals surface area contributed by atoms with Crippen LogP contribution in [0.3, 0.4) is 0 Å². The van der Waals surface area contributed by atoms with Crippen LogP contribution >= 0.6 is 0 Å². The van der Waals surface area contributed by atoms with Crippen molar-refractivity contribution >= 4 is 47.6 Å². The normalized spacial score (nSPS) is 27.8. The molecule has 0 spiro atoms. The molecule has 2 fully saturated rings. The van der Waals surface area contributed by atoms with Crippen molar-refractivity contribution in [3.05, 3.63) is 47.5 Å². The topological polar surface area (TPSA) is 268 Å². The van der Waals surface area contributed by atoms with Gasteiger partial charge in [0.25, 0.3) is 0 Å². The molecule has 0 saturated carbocycles. The summed E-state index contributed by atoms with van der Waals surface area (Å²) in [5.74, 6) is -6.83. The van der Waals surface area contributed by atoms with Gasteiger partial charge in [-0.3, -0.25) is 38.4 Å². The van der Waals surface area contributed by atoms with Crippen molar-refractivity contribution in [2.24, 2.45) is 0 Å². The number of carbonyl (C=O) groups excluding carboxylic acids is 8. The van der Waals surface area contributed by atoms with E-state index in [1.807, 2.05) is 0 Å². The first-order valence-electron chi connectivity index (χ1n) is 19.2. The molecule has 2 aromatic carbocycles. The summed E-state index contributed by atoms with van der Waals surface area (Å²) < 4.78 is 69.1. The molecule has 3 aliphatic heterocycles. The highest BCUT2D eigenvalue weighted by molar-refractivity contribution is 6.02. The second-order valence-corrected chi connectivity index (χ2v) is 14.4. The Morgan fingerprint density at radius 1 is 0.629 bits per heavy atom. The fraction of sp³-hybridized carbons (Fsp3) is 0.512. The Morgan fingerprint density at radius 2 is 1.18 bits per heavy atom. The molecule has 336 valence electrons. The van der Waals surface area contributed by atoms with Gasteiger partial charge in [-0.15, -0.1) is 0 Å². The summed E-state index contributed by atoms with van der Waals surface area (Å²) in [6.45, 7) is 8.47. The SMILES string of the molecule is CC(=O)OC[C@H]1O[C@@H](Oc2cc(O)c3c(c2)O[C@H](c2ccc(OC(C)=O)cc2)CC3=O)[C@H](O[C@@H]2O[C@H](C)[C@H](OC(C)=O)[C@H](OC(C)=O)[C@@H]2OC(C)=O)[C@@H](OC(C)=O)[C@H]1OC(C)=O. The van der Waals surface area contributed by atoms with Crippen molar-refractivity contribution in [2.45, 2.75) is 129 Å². The zero-order valence-electron chi connectivity index (χ0n) is 34.8. The summed E-state index contributed by atoms with van der Waals surface area (Å²) in [5.41, 5.74) is 0.353. The molecule has 0 aliphatic carbocycles. The van der Waals surface area contributed by atoms with E-state index in [0.29, 0.717) is 5.56 Å². The first kappa shape index (κ1) is 46.7. The van der Waals surface area contributed by atoms with E-state index in [2.05, 4.69) is 0 Å². The molecule has 3 heterocycles. The molecule has 1 N–H and O–H groups in total. The molecule has 0 amide bonds. The third-order valence-corrected chi connectivity index (χ3v) is 9.31. The zero-order chi connectivity index (χ0) is 45.6. The number of Topliss-reactive ketones (excluding diaryl/α,β-unsaturated/α-hetero) is 1. The van der Waals surface area contributed by atoms with Crippen LogP contribution in [0.4, 0.5) is 0 Å². The summed E-state index contributed by atoms with van der Waals surface area (Å²) in [7, 11) is 0. The van der Waals surface area contributed by atoms with Crippen LogP contribution in [-0.2, 0) is 76.2 Å². The van der Waals surface area contributed by atoms with Crippen LogP contribution in [0, 0.1) is 0 Å². The Balaban J connectivity index is 1.58. The molecular weight excluding hydrogens is 828 g/mol. The van der Waals surface area contributed by atoms with E-state index in [-0.39, 0.29) is 29.2 Å². The van der Waals surface area contributed by atoms with Gasteiger partial charge in [-0.1, -0.05) is 12.1 Å². The number of carbonyl (C=O) groups is 8. The monoisotopic (exact) mass is 874 g/mol. The summed E-state index contributed by atoms with van der Waals surface area (Å²) in [5, 5.41) is 11.2. The van der Waals surface area contributed by atoms with Gasteiger partial charge in [0.15, 0.2) is 48.7 Å². The Bertz CT molecular complexity index is 2050. The molecule has 0 unspecified atom stereocenters. The Hall–Kier alpha value is -6.32. The van der Waals surface area contributed by atoms with E-state index in [1.165, 1.54) is 32.0 Å². The minimum Gasteiger partial charge on any atom is -0.507 e. The van der Waals surface area contributed by atoms with Crippen molar-refractivity contribution < 1.29 is 100 Å². The zero-order valence-corrected chi connectivity index (χ0v) is 34.8.